The summed E-state index contributed by atoms with van der Waals surface area (Å²) < 4.78 is 16.2. The third kappa shape index (κ3) is 5.58. The molecule has 4 rings (SSSR count). The maximum absolute atomic E-state index is 13.3. The van der Waals surface area contributed by atoms with Gasteiger partial charge in [-0.2, -0.15) is 0 Å². The average molecular weight is 560 g/mol. The lowest BCUT2D eigenvalue weighted by atomic mass is 9.97. The molecule has 3 aromatic rings. The highest BCUT2D eigenvalue weighted by molar-refractivity contribution is 7.13. The minimum Gasteiger partial charge on any atom is -0.493 e. The molecule has 1 aliphatic rings. The summed E-state index contributed by atoms with van der Waals surface area (Å²) in [6.07, 6.45) is 1.41. The number of likely N-dealkylation sites (tertiary alicyclic amines) is 1. The molecule has 3 heterocycles. The van der Waals surface area contributed by atoms with Crippen molar-refractivity contribution in [3.8, 4) is 17.2 Å². The first-order valence-electron chi connectivity index (χ1n) is 11.9. The van der Waals surface area contributed by atoms with Gasteiger partial charge in [0.05, 0.1) is 42.6 Å². The SMILES string of the molecule is COc1ccc(C(=O)N2CCC(c3nc(C(=O)NNC(=O)c4sc(C)nc4C)cs3)CC2)c(OC)c1OC. The van der Waals surface area contributed by atoms with E-state index in [1.54, 1.807) is 29.3 Å². The number of piperidine rings is 1. The topological polar surface area (TPSA) is 132 Å². The van der Waals surface area contributed by atoms with Gasteiger partial charge in [0.15, 0.2) is 11.5 Å². The van der Waals surface area contributed by atoms with Crippen molar-refractivity contribution in [2.75, 3.05) is 34.4 Å². The number of aryl methyl sites for hydroxylation is 2. The van der Waals surface area contributed by atoms with Crippen LogP contribution in [0.4, 0.5) is 0 Å². The molecule has 0 radical (unpaired) electrons. The second-order valence-electron chi connectivity index (χ2n) is 8.58. The van der Waals surface area contributed by atoms with Crippen LogP contribution in [0.15, 0.2) is 17.5 Å². The summed E-state index contributed by atoms with van der Waals surface area (Å²) in [5.74, 6) is 0.252. The van der Waals surface area contributed by atoms with Crippen LogP contribution in [-0.2, 0) is 0 Å². The number of carbonyl (C=O) groups is 3. The average Bonchev–Trinajstić information content (AvgIpc) is 3.56. The van der Waals surface area contributed by atoms with Crippen LogP contribution in [0.25, 0.3) is 0 Å². The van der Waals surface area contributed by atoms with Gasteiger partial charge in [0.1, 0.15) is 10.6 Å². The van der Waals surface area contributed by atoms with Gasteiger partial charge in [-0.3, -0.25) is 25.2 Å². The fourth-order valence-electron chi connectivity index (χ4n) is 4.33. The number of ether oxygens (including phenoxy) is 3. The van der Waals surface area contributed by atoms with Crippen LogP contribution >= 0.6 is 22.7 Å². The van der Waals surface area contributed by atoms with Crippen LogP contribution in [-0.4, -0.2) is 67.0 Å². The lowest BCUT2D eigenvalue weighted by molar-refractivity contribution is 0.0708. The Hall–Kier alpha value is -3.71. The number of benzene rings is 1. The number of thiazole rings is 2. The maximum Gasteiger partial charge on any atom is 0.289 e. The maximum atomic E-state index is 13.3. The number of rotatable bonds is 7. The number of carbonyl (C=O) groups excluding carboxylic acids is 3. The Labute approximate surface area is 228 Å². The lowest BCUT2D eigenvalue weighted by Crippen LogP contribution is -2.41. The van der Waals surface area contributed by atoms with E-state index in [-0.39, 0.29) is 17.5 Å². The van der Waals surface area contributed by atoms with Gasteiger partial charge in [-0.25, -0.2) is 9.97 Å². The Balaban J connectivity index is 1.35. The fourth-order valence-corrected chi connectivity index (χ4v) is 6.11. The predicted octanol–water partition coefficient (Wildman–Crippen LogP) is 3.34. The second-order valence-corrected chi connectivity index (χ2v) is 10.7. The molecule has 11 nitrogen and oxygen atoms in total. The number of hydrogen-bond donors (Lipinski definition) is 2. The summed E-state index contributed by atoms with van der Waals surface area (Å²) in [6.45, 7) is 4.63. The first-order valence-corrected chi connectivity index (χ1v) is 13.5. The summed E-state index contributed by atoms with van der Waals surface area (Å²) in [7, 11) is 4.51. The van der Waals surface area contributed by atoms with Crippen LogP contribution in [0.2, 0.25) is 0 Å². The van der Waals surface area contributed by atoms with Crippen molar-refractivity contribution in [1.82, 2.24) is 25.7 Å². The van der Waals surface area contributed by atoms with Gasteiger partial charge >= 0.3 is 0 Å². The molecule has 202 valence electrons. The highest BCUT2D eigenvalue weighted by Gasteiger charge is 2.30. The second kappa shape index (κ2) is 11.8. The van der Waals surface area contributed by atoms with Crippen molar-refractivity contribution in [2.24, 2.45) is 0 Å². The smallest absolute Gasteiger partial charge is 0.289 e. The molecular formula is C25H29N5O6S2. The van der Waals surface area contributed by atoms with Gasteiger partial charge < -0.3 is 19.1 Å². The zero-order chi connectivity index (χ0) is 27.4. The molecule has 0 spiro atoms. The number of amides is 3. The largest absolute Gasteiger partial charge is 0.493 e. The van der Waals surface area contributed by atoms with E-state index in [2.05, 4.69) is 20.8 Å². The van der Waals surface area contributed by atoms with Crippen LogP contribution in [0.5, 0.6) is 17.2 Å². The Morgan fingerprint density at radius 3 is 2.24 bits per heavy atom. The van der Waals surface area contributed by atoms with Crippen molar-refractivity contribution >= 4 is 40.4 Å². The molecule has 1 fully saturated rings. The van der Waals surface area contributed by atoms with E-state index in [4.69, 9.17) is 14.2 Å². The molecule has 2 aromatic heterocycles. The molecule has 38 heavy (non-hydrogen) atoms. The molecule has 1 aromatic carbocycles. The van der Waals surface area contributed by atoms with Gasteiger partial charge in [0, 0.05) is 24.4 Å². The molecule has 0 aliphatic carbocycles. The van der Waals surface area contributed by atoms with E-state index in [0.29, 0.717) is 59.3 Å². The van der Waals surface area contributed by atoms with Crippen molar-refractivity contribution in [3.05, 3.63) is 49.4 Å². The van der Waals surface area contributed by atoms with Gasteiger partial charge in [0.25, 0.3) is 17.7 Å². The fraction of sp³-hybridized carbons (Fsp3) is 0.400. The molecule has 1 aliphatic heterocycles. The highest BCUT2D eigenvalue weighted by atomic mass is 32.1. The third-order valence-corrected chi connectivity index (χ3v) is 8.30. The van der Waals surface area contributed by atoms with E-state index in [0.717, 1.165) is 10.0 Å². The standard InChI is InChI=1S/C25H29N5O6S2/c1-13-21(38-14(2)26-13)23(32)29-28-22(31)17-12-37-24(27-17)15-8-10-30(11-9-15)25(33)16-6-7-18(34-3)20(36-5)19(16)35-4/h6-7,12,15H,8-11H2,1-5H3,(H,28,31)(H,29,32). The van der Waals surface area contributed by atoms with Gasteiger partial charge in [0.2, 0.25) is 5.75 Å². The number of hydrogen-bond acceptors (Lipinski definition) is 10. The van der Waals surface area contributed by atoms with Gasteiger partial charge in [-0.05, 0) is 38.8 Å². The molecule has 1 saturated heterocycles. The molecule has 0 unspecified atom stereocenters. The predicted molar refractivity (Wildman–Crippen MR) is 143 cm³/mol. The van der Waals surface area contributed by atoms with Crippen molar-refractivity contribution in [3.63, 3.8) is 0 Å². The first kappa shape index (κ1) is 27.3. The number of nitrogens with zero attached hydrogens (tertiary/aromatic N) is 3. The van der Waals surface area contributed by atoms with E-state index in [9.17, 15) is 14.4 Å². The molecule has 0 bridgehead atoms. The Morgan fingerprint density at radius 2 is 1.63 bits per heavy atom. The van der Waals surface area contributed by atoms with Crippen LogP contribution in [0, 0.1) is 13.8 Å². The zero-order valence-corrected chi connectivity index (χ0v) is 23.4. The summed E-state index contributed by atoms with van der Waals surface area (Å²) in [5, 5.41) is 3.27. The summed E-state index contributed by atoms with van der Waals surface area (Å²) in [4.78, 5) is 49.1. The Morgan fingerprint density at radius 1 is 0.947 bits per heavy atom. The molecule has 3 amide bonds. The summed E-state index contributed by atoms with van der Waals surface area (Å²) in [6, 6.07) is 3.36. The molecular weight excluding hydrogens is 530 g/mol. The minimum atomic E-state index is -0.493. The molecule has 0 atom stereocenters. The summed E-state index contributed by atoms with van der Waals surface area (Å²) in [5.41, 5.74) is 6.10. The van der Waals surface area contributed by atoms with Crippen LogP contribution < -0.4 is 25.1 Å². The van der Waals surface area contributed by atoms with Gasteiger partial charge in [-0.1, -0.05) is 0 Å². The van der Waals surface area contributed by atoms with E-state index >= 15 is 0 Å². The number of nitrogens with one attached hydrogen (secondary N) is 2. The number of hydrazine groups is 1. The molecule has 0 saturated carbocycles. The van der Waals surface area contributed by atoms with Crippen LogP contribution in [0.1, 0.15) is 65.0 Å². The summed E-state index contributed by atoms with van der Waals surface area (Å²) >= 11 is 2.66. The van der Waals surface area contributed by atoms with Crippen LogP contribution in [0.3, 0.4) is 0 Å². The van der Waals surface area contributed by atoms with Crippen molar-refractivity contribution in [1.29, 1.82) is 0 Å². The zero-order valence-electron chi connectivity index (χ0n) is 21.7. The molecule has 13 heteroatoms. The minimum absolute atomic E-state index is 0.121. The highest BCUT2D eigenvalue weighted by Crippen LogP contribution is 2.41. The van der Waals surface area contributed by atoms with Crippen molar-refractivity contribution < 1.29 is 28.6 Å². The van der Waals surface area contributed by atoms with Crippen molar-refractivity contribution in [2.45, 2.75) is 32.6 Å². The quantitative estimate of drug-likeness (QED) is 0.422. The van der Waals surface area contributed by atoms with Gasteiger partial charge in [-0.15, -0.1) is 22.7 Å². The van der Waals surface area contributed by atoms with E-state index < -0.39 is 11.8 Å². The monoisotopic (exact) mass is 559 g/mol. The number of methoxy groups -OCH3 is 3. The Bertz CT molecular complexity index is 1350. The third-order valence-electron chi connectivity index (χ3n) is 6.22. The lowest BCUT2D eigenvalue weighted by Gasteiger charge is -2.31. The van der Waals surface area contributed by atoms with E-state index in [1.807, 2.05) is 6.92 Å². The number of aromatic nitrogens is 2. The Kier molecular flexibility index (Phi) is 8.47. The normalized spacial score (nSPS) is 13.7. The van der Waals surface area contributed by atoms with E-state index in [1.165, 1.54) is 44.0 Å². The first-order chi connectivity index (χ1) is 18.3. The molecule has 2 N–H and O–H groups in total.